The van der Waals surface area contributed by atoms with E-state index in [0.29, 0.717) is 11.5 Å². The Kier molecular flexibility index (Phi) is 4.05. The van der Waals surface area contributed by atoms with Crippen LogP contribution in [-0.2, 0) is 9.63 Å². The van der Waals surface area contributed by atoms with Gasteiger partial charge >= 0.3 is 5.97 Å². The van der Waals surface area contributed by atoms with Crippen LogP contribution in [-0.4, -0.2) is 24.6 Å². The number of hydroxylamine groups is 1. The molecule has 2 N–H and O–H groups in total. The zero-order chi connectivity index (χ0) is 12.3. The van der Waals surface area contributed by atoms with Gasteiger partial charge in [0.15, 0.2) is 0 Å². The van der Waals surface area contributed by atoms with Gasteiger partial charge in [-0.2, -0.15) is 0 Å². The van der Waals surface area contributed by atoms with Crippen molar-refractivity contribution >= 4 is 5.97 Å². The minimum atomic E-state index is -0.146. The predicted molar refractivity (Wildman–Crippen MR) is 66.3 cm³/mol. The molecule has 1 aliphatic heterocycles. The molecule has 0 bridgehead atoms. The Hall–Kier alpha value is -0.610. The molecule has 0 aromatic rings. The molecule has 1 atom stereocenters. The normalized spacial score (nSPS) is 29.2. The van der Waals surface area contributed by atoms with Crippen LogP contribution in [0.25, 0.3) is 0 Å². The molecule has 98 valence electrons. The van der Waals surface area contributed by atoms with E-state index in [-0.39, 0.29) is 12.0 Å². The van der Waals surface area contributed by atoms with Gasteiger partial charge in [0, 0.05) is 6.04 Å². The topological polar surface area (TPSA) is 50.4 Å². The van der Waals surface area contributed by atoms with E-state index in [0.717, 1.165) is 32.2 Å². The van der Waals surface area contributed by atoms with E-state index in [9.17, 15) is 4.79 Å². The molecule has 17 heavy (non-hydrogen) atoms. The summed E-state index contributed by atoms with van der Waals surface area (Å²) >= 11 is 0. The van der Waals surface area contributed by atoms with E-state index in [4.69, 9.17) is 4.84 Å². The van der Waals surface area contributed by atoms with Crippen molar-refractivity contribution in [3.05, 3.63) is 0 Å². The van der Waals surface area contributed by atoms with Crippen LogP contribution in [0, 0.1) is 5.41 Å². The number of carbonyl (C=O) groups is 1. The minimum absolute atomic E-state index is 0.0949. The van der Waals surface area contributed by atoms with Gasteiger partial charge in [0.25, 0.3) is 0 Å². The summed E-state index contributed by atoms with van der Waals surface area (Å²) < 4.78 is 0. The van der Waals surface area contributed by atoms with Gasteiger partial charge in [-0.15, -0.1) is 5.48 Å². The summed E-state index contributed by atoms with van der Waals surface area (Å²) in [5, 5.41) is 3.14. The highest BCUT2D eigenvalue weighted by Crippen LogP contribution is 2.34. The molecule has 2 aliphatic rings. The molecule has 2 fully saturated rings. The largest absolute Gasteiger partial charge is 0.369 e. The maximum atomic E-state index is 11.7. The Morgan fingerprint density at radius 1 is 1.29 bits per heavy atom. The number of carbonyl (C=O) groups excluding carboxylic acids is 1. The van der Waals surface area contributed by atoms with Gasteiger partial charge in [-0.3, -0.25) is 0 Å². The molecule has 0 amide bonds. The number of hydrogen-bond donors (Lipinski definition) is 2. The molecular formula is C13H24N2O2. The molecule has 0 aromatic heterocycles. The SMILES string of the molecule is CC1(C)CCC(NOC(=O)C2CCCN2)CC1. The first-order valence-corrected chi connectivity index (χ1v) is 6.76. The van der Waals surface area contributed by atoms with E-state index in [1.165, 1.54) is 12.8 Å². The van der Waals surface area contributed by atoms with Crippen LogP contribution in [0.4, 0.5) is 0 Å². The van der Waals surface area contributed by atoms with Crippen molar-refractivity contribution in [3.63, 3.8) is 0 Å². The lowest BCUT2D eigenvalue weighted by Gasteiger charge is -2.34. The second-order valence-electron chi connectivity index (χ2n) is 6.13. The Balaban J connectivity index is 1.67. The highest BCUT2D eigenvalue weighted by atomic mass is 16.7. The Morgan fingerprint density at radius 2 is 2.00 bits per heavy atom. The van der Waals surface area contributed by atoms with Crippen molar-refractivity contribution in [1.82, 2.24) is 10.8 Å². The molecule has 1 saturated heterocycles. The van der Waals surface area contributed by atoms with E-state index in [1.807, 2.05) is 0 Å². The van der Waals surface area contributed by atoms with Gasteiger partial charge in [-0.1, -0.05) is 13.8 Å². The average molecular weight is 240 g/mol. The maximum absolute atomic E-state index is 11.7. The van der Waals surface area contributed by atoms with Gasteiger partial charge in [0.05, 0.1) is 0 Å². The van der Waals surface area contributed by atoms with Crippen LogP contribution in [0.1, 0.15) is 52.4 Å². The zero-order valence-corrected chi connectivity index (χ0v) is 10.9. The van der Waals surface area contributed by atoms with Gasteiger partial charge in [-0.05, 0) is 50.5 Å². The highest BCUT2D eigenvalue weighted by molar-refractivity contribution is 5.75. The second-order valence-corrected chi connectivity index (χ2v) is 6.13. The van der Waals surface area contributed by atoms with E-state index in [2.05, 4.69) is 24.6 Å². The van der Waals surface area contributed by atoms with Crippen molar-refractivity contribution in [2.75, 3.05) is 6.54 Å². The smallest absolute Gasteiger partial charge is 0.341 e. The van der Waals surface area contributed by atoms with Crippen LogP contribution in [0.5, 0.6) is 0 Å². The molecule has 4 nitrogen and oxygen atoms in total. The third kappa shape index (κ3) is 3.68. The second kappa shape index (κ2) is 5.36. The fourth-order valence-electron chi connectivity index (χ4n) is 2.62. The van der Waals surface area contributed by atoms with E-state index in [1.54, 1.807) is 0 Å². The third-order valence-electron chi connectivity index (χ3n) is 4.01. The van der Waals surface area contributed by atoms with Crippen LogP contribution in [0.3, 0.4) is 0 Å². The molecule has 0 spiro atoms. The predicted octanol–water partition coefficient (Wildman–Crippen LogP) is 1.75. The molecule has 0 aromatic carbocycles. The first-order chi connectivity index (χ1) is 8.07. The lowest BCUT2D eigenvalue weighted by molar-refractivity contribution is -0.156. The molecule has 1 heterocycles. The maximum Gasteiger partial charge on any atom is 0.341 e. The molecule has 1 unspecified atom stereocenters. The summed E-state index contributed by atoms with van der Waals surface area (Å²) in [5.74, 6) is -0.146. The van der Waals surface area contributed by atoms with E-state index < -0.39 is 0 Å². The molecule has 2 rings (SSSR count). The van der Waals surface area contributed by atoms with Crippen LogP contribution >= 0.6 is 0 Å². The Bertz CT molecular complexity index is 263. The van der Waals surface area contributed by atoms with Crippen molar-refractivity contribution in [2.45, 2.75) is 64.5 Å². The summed E-state index contributed by atoms with van der Waals surface area (Å²) in [4.78, 5) is 16.9. The van der Waals surface area contributed by atoms with Gasteiger partial charge in [0.1, 0.15) is 6.04 Å². The molecule has 1 aliphatic carbocycles. The van der Waals surface area contributed by atoms with Crippen LogP contribution < -0.4 is 10.8 Å². The monoisotopic (exact) mass is 240 g/mol. The third-order valence-corrected chi connectivity index (χ3v) is 4.01. The van der Waals surface area contributed by atoms with Gasteiger partial charge < -0.3 is 10.2 Å². The van der Waals surface area contributed by atoms with Crippen molar-refractivity contribution in [3.8, 4) is 0 Å². The summed E-state index contributed by atoms with van der Waals surface area (Å²) in [6.07, 6.45) is 6.56. The lowest BCUT2D eigenvalue weighted by atomic mass is 9.76. The first kappa shape index (κ1) is 12.8. The van der Waals surface area contributed by atoms with Crippen molar-refractivity contribution in [2.24, 2.45) is 5.41 Å². The lowest BCUT2D eigenvalue weighted by Crippen LogP contribution is -2.41. The highest BCUT2D eigenvalue weighted by Gasteiger charge is 2.29. The van der Waals surface area contributed by atoms with Gasteiger partial charge in [0.2, 0.25) is 0 Å². The Labute approximate surface area is 103 Å². The molecule has 4 heteroatoms. The van der Waals surface area contributed by atoms with Crippen molar-refractivity contribution < 1.29 is 9.63 Å². The quantitative estimate of drug-likeness (QED) is 0.738. The minimum Gasteiger partial charge on any atom is -0.369 e. The summed E-state index contributed by atoms with van der Waals surface area (Å²) in [7, 11) is 0. The van der Waals surface area contributed by atoms with Gasteiger partial charge in [-0.25, -0.2) is 4.79 Å². The standard InChI is InChI=1S/C13H24N2O2/c1-13(2)7-5-10(6-8-13)15-17-12(16)11-4-3-9-14-11/h10-11,14-15H,3-9H2,1-2H3. The summed E-state index contributed by atoms with van der Waals surface area (Å²) in [6.45, 7) is 5.53. The van der Waals surface area contributed by atoms with Crippen LogP contribution in [0.15, 0.2) is 0 Å². The fraction of sp³-hybridized carbons (Fsp3) is 0.923. The number of hydrogen-bond acceptors (Lipinski definition) is 4. The van der Waals surface area contributed by atoms with Crippen LogP contribution in [0.2, 0.25) is 0 Å². The number of nitrogens with one attached hydrogen (secondary N) is 2. The molecular weight excluding hydrogens is 216 g/mol. The van der Waals surface area contributed by atoms with E-state index >= 15 is 0 Å². The fourth-order valence-corrected chi connectivity index (χ4v) is 2.62. The first-order valence-electron chi connectivity index (χ1n) is 6.76. The zero-order valence-electron chi connectivity index (χ0n) is 10.9. The summed E-state index contributed by atoms with van der Waals surface area (Å²) in [5.41, 5.74) is 3.40. The molecule has 0 radical (unpaired) electrons. The molecule has 1 saturated carbocycles. The average Bonchev–Trinajstić information content (AvgIpc) is 2.80. The Morgan fingerprint density at radius 3 is 2.59 bits per heavy atom. The van der Waals surface area contributed by atoms with Crippen molar-refractivity contribution in [1.29, 1.82) is 0 Å². The summed E-state index contributed by atoms with van der Waals surface area (Å²) in [6, 6.07) is 0.246. The number of rotatable bonds is 3.